The number of primary amides is 1. The summed E-state index contributed by atoms with van der Waals surface area (Å²) in [6.45, 7) is 4.31. The molecule has 1 aromatic rings. The van der Waals surface area contributed by atoms with Gasteiger partial charge in [0.2, 0.25) is 5.91 Å². The topological polar surface area (TPSA) is 64.4 Å². The summed E-state index contributed by atoms with van der Waals surface area (Å²) in [6, 6.07) is 1.51. The van der Waals surface area contributed by atoms with Crippen molar-refractivity contribution in [2.45, 2.75) is 26.6 Å². The second-order valence-corrected chi connectivity index (χ2v) is 5.17. The number of aryl methyl sites for hydroxylation is 1. The lowest BCUT2D eigenvalue weighted by molar-refractivity contribution is -0.275. The summed E-state index contributed by atoms with van der Waals surface area (Å²) in [5.74, 6) is -1.12. The Balaban J connectivity index is 2.67. The minimum absolute atomic E-state index is 0.0371. The predicted octanol–water partition coefficient (Wildman–Crippen LogP) is 2.68. The summed E-state index contributed by atoms with van der Waals surface area (Å²) in [5.41, 5.74) is 7.08. The molecule has 2 rings (SSSR count). The first-order valence-electron chi connectivity index (χ1n) is 6.80. The lowest BCUT2D eigenvalue weighted by Gasteiger charge is -2.23. The predicted molar refractivity (Wildman–Crippen MR) is 76.6 cm³/mol. The zero-order valence-corrected chi connectivity index (χ0v) is 12.3. The monoisotopic (exact) mass is 314 g/mol. The summed E-state index contributed by atoms with van der Waals surface area (Å²) in [4.78, 5) is 11.4. The smallest absolute Gasteiger partial charge is 0.405 e. The molecule has 0 aromatic heterocycles. The van der Waals surface area contributed by atoms with E-state index in [0.717, 1.165) is 5.57 Å². The van der Waals surface area contributed by atoms with Crippen molar-refractivity contribution in [3.63, 3.8) is 0 Å². The summed E-state index contributed by atoms with van der Waals surface area (Å²) in [7, 11) is 0. The molecule has 22 heavy (non-hydrogen) atoms. The van der Waals surface area contributed by atoms with E-state index in [1.165, 1.54) is 13.0 Å². The van der Waals surface area contributed by atoms with Crippen molar-refractivity contribution >= 4 is 11.5 Å². The molecule has 0 aliphatic carbocycles. The van der Waals surface area contributed by atoms with Gasteiger partial charge in [0.05, 0.1) is 0 Å². The van der Waals surface area contributed by atoms with Crippen LogP contribution in [0, 0.1) is 13.8 Å². The molecule has 0 radical (unpaired) electrons. The van der Waals surface area contributed by atoms with Gasteiger partial charge in [0.1, 0.15) is 5.75 Å². The Labute approximate surface area is 126 Å². The summed E-state index contributed by atoms with van der Waals surface area (Å²) in [6.07, 6.45) is -2.42. The first-order valence-corrected chi connectivity index (χ1v) is 6.80. The average molecular weight is 314 g/mol. The van der Waals surface area contributed by atoms with E-state index >= 15 is 0 Å². The van der Waals surface area contributed by atoms with Gasteiger partial charge in [-0.05, 0) is 44.0 Å². The van der Waals surface area contributed by atoms with Crippen molar-refractivity contribution in [3.8, 4) is 5.75 Å². The fourth-order valence-corrected chi connectivity index (χ4v) is 2.63. The zero-order valence-electron chi connectivity index (χ0n) is 12.3. The molecule has 1 amide bonds. The number of nitrogens with one attached hydrogen (secondary N) is 1. The highest BCUT2D eigenvalue weighted by Crippen LogP contribution is 2.39. The number of amides is 1. The van der Waals surface area contributed by atoms with Gasteiger partial charge >= 0.3 is 6.36 Å². The molecule has 4 nitrogen and oxygen atoms in total. The van der Waals surface area contributed by atoms with Crippen LogP contribution in [0.15, 0.2) is 12.1 Å². The molecule has 3 N–H and O–H groups in total. The Bertz CT molecular complexity index is 637. The number of carbonyl (C=O) groups excluding carboxylic acids is 1. The number of alkyl halides is 3. The van der Waals surface area contributed by atoms with Crippen molar-refractivity contribution < 1.29 is 22.7 Å². The van der Waals surface area contributed by atoms with E-state index < -0.39 is 12.3 Å². The third-order valence-corrected chi connectivity index (χ3v) is 3.60. The quantitative estimate of drug-likeness (QED) is 0.901. The van der Waals surface area contributed by atoms with Gasteiger partial charge in [-0.25, -0.2) is 0 Å². The first-order chi connectivity index (χ1) is 10.2. The Kier molecular flexibility index (Phi) is 4.46. The summed E-state index contributed by atoms with van der Waals surface area (Å²) >= 11 is 0. The molecular formula is C15H17F3N2O2. The van der Waals surface area contributed by atoms with E-state index in [-0.39, 0.29) is 16.9 Å². The van der Waals surface area contributed by atoms with Gasteiger partial charge in [-0.3, -0.25) is 4.79 Å². The van der Waals surface area contributed by atoms with Crippen LogP contribution in [0.5, 0.6) is 5.75 Å². The SMILES string of the molecule is Cc1cc(C(N)=O)c(C)c(OC(F)(F)F)c1C1=CCNCC1. The van der Waals surface area contributed by atoms with Gasteiger partial charge in [0, 0.05) is 23.2 Å². The third-order valence-electron chi connectivity index (χ3n) is 3.60. The number of hydrogen-bond acceptors (Lipinski definition) is 3. The van der Waals surface area contributed by atoms with Crippen molar-refractivity contribution in [1.29, 1.82) is 0 Å². The second kappa shape index (κ2) is 6.00. The van der Waals surface area contributed by atoms with Crippen LogP contribution in [-0.4, -0.2) is 25.4 Å². The Morgan fingerprint density at radius 1 is 1.36 bits per heavy atom. The lowest BCUT2D eigenvalue weighted by atomic mass is 9.90. The van der Waals surface area contributed by atoms with E-state index in [1.807, 2.05) is 6.08 Å². The van der Waals surface area contributed by atoms with Gasteiger partial charge in [-0.2, -0.15) is 0 Å². The maximum atomic E-state index is 12.8. The molecule has 0 unspecified atom stereocenters. The molecule has 0 spiro atoms. The zero-order chi connectivity index (χ0) is 16.5. The van der Waals surface area contributed by atoms with Gasteiger partial charge in [-0.1, -0.05) is 6.08 Å². The van der Waals surface area contributed by atoms with Crippen LogP contribution in [-0.2, 0) is 0 Å². The normalized spacial score (nSPS) is 15.4. The molecule has 1 aromatic carbocycles. The van der Waals surface area contributed by atoms with Crippen LogP contribution in [0.2, 0.25) is 0 Å². The van der Waals surface area contributed by atoms with Gasteiger partial charge in [0.15, 0.2) is 0 Å². The van der Waals surface area contributed by atoms with E-state index in [9.17, 15) is 18.0 Å². The molecule has 120 valence electrons. The molecule has 1 aliphatic heterocycles. The van der Waals surface area contributed by atoms with Gasteiger partial charge < -0.3 is 15.8 Å². The fourth-order valence-electron chi connectivity index (χ4n) is 2.63. The highest BCUT2D eigenvalue weighted by atomic mass is 19.4. The minimum atomic E-state index is -4.84. The molecule has 7 heteroatoms. The molecular weight excluding hydrogens is 297 g/mol. The van der Waals surface area contributed by atoms with Crippen LogP contribution >= 0.6 is 0 Å². The third kappa shape index (κ3) is 3.41. The highest BCUT2D eigenvalue weighted by Gasteiger charge is 2.34. The van der Waals surface area contributed by atoms with Crippen LogP contribution < -0.4 is 15.8 Å². The molecule has 1 aliphatic rings. The number of rotatable bonds is 3. The number of benzene rings is 1. The van der Waals surface area contributed by atoms with E-state index in [1.54, 1.807) is 6.92 Å². The van der Waals surface area contributed by atoms with E-state index in [0.29, 0.717) is 30.6 Å². The van der Waals surface area contributed by atoms with Gasteiger partial charge in [-0.15, -0.1) is 13.2 Å². The Morgan fingerprint density at radius 2 is 2.05 bits per heavy atom. The standard InChI is InChI=1S/C15H17F3N2O2/c1-8-7-11(14(19)21)9(2)13(22-15(16,17)18)12(8)10-3-5-20-6-4-10/h3,7,20H,4-6H2,1-2H3,(H2,19,21). The molecule has 0 saturated heterocycles. The highest BCUT2D eigenvalue weighted by molar-refractivity contribution is 5.96. The second-order valence-electron chi connectivity index (χ2n) is 5.17. The number of hydrogen-bond donors (Lipinski definition) is 2. The number of nitrogens with two attached hydrogens (primary N) is 1. The lowest BCUT2D eigenvalue weighted by Crippen LogP contribution is -2.23. The first kappa shape index (κ1) is 16.4. The molecule has 0 bridgehead atoms. The van der Waals surface area contributed by atoms with Crippen LogP contribution in [0.25, 0.3) is 5.57 Å². The summed E-state index contributed by atoms with van der Waals surface area (Å²) < 4.78 is 42.5. The maximum absolute atomic E-state index is 12.8. The van der Waals surface area contributed by atoms with Crippen LogP contribution in [0.1, 0.15) is 33.5 Å². The Hall–Kier alpha value is -2.02. The van der Waals surface area contributed by atoms with Crippen molar-refractivity contribution in [2.24, 2.45) is 5.73 Å². The van der Waals surface area contributed by atoms with Crippen LogP contribution in [0.4, 0.5) is 13.2 Å². The average Bonchev–Trinajstić information content (AvgIpc) is 2.42. The number of carbonyl (C=O) groups is 1. The van der Waals surface area contributed by atoms with Crippen LogP contribution in [0.3, 0.4) is 0 Å². The van der Waals surface area contributed by atoms with E-state index in [2.05, 4.69) is 10.1 Å². The Morgan fingerprint density at radius 3 is 2.55 bits per heavy atom. The van der Waals surface area contributed by atoms with E-state index in [4.69, 9.17) is 5.73 Å². The minimum Gasteiger partial charge on any atom is -0.405 e. The largest absolute Gasteiger partial charge is 0.573 e. The van der Waals surface area contributed by atoms with Gasteiger partial charge in [0.25, 0.3) is 0 Å². The number of halogens is 3. The number of ether oxygens (including phenoxy) is 1. The molecule has 0 fully saturated rings. The van der Waals surface area contributed by atoms with Crippen molar-refractivity contribution in [1.82, 2.24) is 5.32 Å². The maximum Gasteiger partial charge on any atom is 0.573 e. The molecule has 0 saturated carbocycles. The summed E-state index contributed by atoms with van der Waals surface area (Å²) in [5, 5.41) is 3.10. The van der Waals surface area contributed by atoms with Crippen molar-refractivity contribution in [3.05, 3.63) is 34.4 Å². The fraction of sp³-hybridized carbons (Fsp3) is 0.400. The molecule has 0 atom stereocenters. The molecule has 1 heterocycles. The van der Waals surface area contributed by atoms with Crippen molar-refractivity contribution in [2.75, 3.05) is 13.1 Å².